The quantitative estimate of drug-likeness (QED) is 0.576. The highest BCUT2D eigenvalue weighted by molar-refractivity contribution is 7.92. The molecule has 31 heavy (non-hydrogen) atoms. The van der Waals surface area contributed by atoms with E-state index in [9.17, 15) is 17.6 Å². The molecule has 168 valence electrons. The summed E-state index contributed by atoms with van der Waals surface area (Å²) < 4.78 is 41.2. The second-order valence-corrected chi connectivity index (χ2v) is 9.40. The minimum atomic E-state index is -4.02. The standard InChI is InChI=1S/C22H29FN4O3S/c1-26-13-15-27(16-14-26)12-5-4-11-24-22(28)18-7-6-8-19(17-18)31(29,30)25-21-10-3-2-9-20(21)23/h2-3,6-10,17,25H,4-5,11-16H2,1H3,(H,24,28). The Kier molecular flexibility index (Phi) is 8.00. The number of rotatable bonds is 9. The van der Waals surface area contributed by atoms with Gasteiger partial charge in [0.1, 0.15) is 5.82 Å². The summed E-state index contributed by atoms with van der Waals surface area (Å²) in [5.74, 6) is -1.00. The van der Waals surface area contributed by atoms with Crippen molar-refractivity contribution in [3.63, 3.8) is 0 Å². The van der Waals surface area contributed by atoms with Crippen LogP contribution >= 0.6 is 0 Å². The Morgan fingerprint density at radius 3 is 2.52 bits per heavy atom. The molecule has 2 aromatic carbocycles. The van der Waals surface area contributed by atoms with Crippen LogP contribution in [-0.2, 0) is 10.0 Å². The average Bonchev–Trinajstić information content (AvgIpc) is 2.76. The van der Waals surface area contributed by atoms with E-state index < -0.39 is 15.8 Å². The van der Waals surface area contributed by atoms with Crippen LogP contribution in [0.5, 0.6) is 0 Å². The maximum Gasteiger partial charge on any atom is 0.262 e. The smallest absolute Gasteiger partial charge is 0.262 e. The van der Waals surface area contributed by atoms with Gasteiger partial charge < -0.3 is 15.1 Å². The van der Waals surface area contributed by atoms with Crippen molar-refractivity contribution in [2.45, 2.75) is 17.7 Å². The number of benzene rings is 2. The summed E-state index contributed by atoms with van der Waals surface area (Å²) in [4.78, 5) is 17.1. The molecular formula is C22H29FN4O3S. The third-order valence-corrected chi connectivity index (χ3v) is 6.67. The summed E-state index contributed by atoms with van der Waals surface area (Å²) in [7, 11) is -1.89. The van der Waals surface area contributed by atoms with Gasteiger partial charge in [-0.3, -0.25) is 9.52 Å². The Morgan fingerprint density at radius 2 is 1.77 bits per heavy atom. The second-order valence-electron chi connectivity index (χ2n) is 7.72. The molecule has 0 atom stereocenters. The Hall–Kier alpha value is -2.49. The van der Waals surface area contributed by atoms with Crippen LogP contribution in [0.1, 0.15) is 23.2 Å². The number of hydrogen-bond acceptors (Lipinski definition) is 5. The first-order valence-corrected chi connectivity index (χ1v) is 11.9. The van der Waals surface area contributed by atoms with E-state index in [-0.39, 0.29) is 22.1 Å². The molecular weight excluding hydrogens is 419 g/mol. The highest BCUT2D eigenvalue weighted by Crippen LogP contribution is 2.19. The molecule has 9 heteroatoms. The molecule has 0 unspecified atom stereocenters. The number of unbranched alkanes of at least 4 members (excludes halogenated alkanes) is 1. The van der Waals surface area contributed by atoms with Crippen molar-refractivity contribution in [1.82, 2.24) is 15.1 Å². The molecule has 0 aliphatic carbocycles. The van der Waals surface area contributed by atoms with Crippen LogP contribution in [0.2, 0.25) is 0 Å². The van der Waals surface area contributed by atoms with Gasteiger partial charge in [-0.1, -0.05) is 18.2 Å². The number of nitrogens with one attached hydrogen (secondary N) is 2. The zero-order chi connectivity index (χ0) is 22.3. The largest absolute Gasteiger partial charge is 0.352 e. The fraction of sp³-hybridized carbons (Fsp3) is 0.409. The normalized spacial score (nSPS) is 15.5. The van der Waals surface area contributed by atoms with E-state index in [0.29, 0.717) is 6.54 Å². The van der Waals surface area contributed by atoms with Gasteiger partial charge in [0, 0.05) is 38.3 Å². The van der Waals surface area contributed by atoms with Crippen LogP contribution in [0, 0.1) is 5.82 Å². The lowest BCUT2D eigenvalue weighted by Gasteiger charge is -2.32. The van der Waals surface area contributed by atoms with Gasteiger partial charge in [-0.25, -0.2) is 12.8 Å². The van der Waals surface area contributed by atoms with E-state index in [1.54, 1.807) is 6.07 Å². The molecule has 2 N–H and O–H groups in total. The van der Waals surface area contributed by atoms with Gasteiger partial charge in [-0.05, 0) is 56.8 Å². The number of amides is 1. The zero-order valence-electron chi connectivity index (χ0n) is 17.7. The van der Waals surface area contributed by atoms with E-state index >= 15 is 0 Å². The molecule has 0 radical (unpaired) electrons. The van der Waals surface area contributed by atoms with E-state index in [1.807, 2.05) is 0 Å². The monoisotopic (exact) mass is 448 g/mol. The maximum absolute atomic E-state index is 13.8. The summed E-state index contributed by atoms with van der Waals surface area (Å²) in [6, 6.07) is 11.2. The van der Waals surface area contributed by atoms with Crippen molar-refractivity contribution in [3.8, 4) is 0 Å². The molecule has 3 rings (SSSR count). The molecule has 0 saturated carbocycles. The van der Waals surface area contributed by atoms with Crippen molar-refractivity contribution < 1.29 is 17.6 Å². The molecule has 1 fully saturated rings. The molecule has 2 aromatic rings. The zero-order valence-corrected chi connectivity index (χ0v) is 18.5. The van der Waals surface area contributed by atoms with Gasteiger partial charge in [0.05, 0.1) is 10.6 Å². The molecule has 7 nitrogen and oxygen atoms in total. The average molecular weight is 449 g/mol. The Labute approximate surface area is 183 Å². The van der Waals surface area contributed by atoms with Gasteiger partial charge in [-0.15, -0.1) is 0 Å². The van der Waals surface area contributed by atoms with Gasteiger partial charge in [0.25, 0.3) is 15.9 Å². The van der Waals surface area contributed by atoms with Crippen LogP contribution < -0.4 is 10.0 Å². The first-order valence-electron chi connectivity index (χ1n) is 10.4. The van der Waals surface area contributed by atoms with Crippen molar-refractivity contribution in [2.75, 3.05) is 51.0 Å². The maximum atomic E-state index is 13.8. The number of hydrogen-bond donors (Lipinski definition) is 2. The predicted octanol–water partition coefficient (Wildman–Crippen LogP) is 2.38. The number of halogens is 1. The third kappa shape index (κ3) is 6.75. The van der Waals surface area contributed by atoms with Crippen LogP contribution in [-0.4, -0.2) is 70.4 Å². The van der Waals surface area contributed by atoms with Crippen LogP contribution in [0.4, 0.5) is 10.1 Å². The molecule has 1 aliphatic heterocycles. The molecule has 0 bridgehead atoms. The molecule has 0 aromatic heterocycles. The Morgan fingerprint density at radius 1 is 1.03 bits per heavy atom. The molecule has 0 spiro atoms. The number of anilines is 1. The first kappa shape index (κ1) is 23.2. The van der Waals surface area contributed by atoms with Crippen molar-refractivity contribution in [2.24, 2.45) is 0 Å². The van der Waals surface area contributed by atoms with E-state index in [4.69, 9.17) is 0 Å². The molecule has 1 aliphatic rings. The number of para-hydroxylation sites is 1. The lowest BCUT2D eigenvalue weighted by atomic mass is 10.2. The van der Waals surface area contributed by atoms with E-state index in [1.165, 1.54) is 42.5 Å². The van der Waals surface area contributed by atoms with Crippen molar-refractivity contribution >= 4 is 21.6 Å². The van der Waals surface area contributed by atoms with Crippen molar-refractivity contribution in [1.29, 1.82) is 0 Å². The number of likely N-dealkylation sites (N-methyl/N-ethyl adjacent to an activating group) is 1. The van der Waals surface area contributed by atoms with Crippen LogP contribution in [0.25, 0.3) is 0 Å². The van der Waals surface area contributed by atoms with Crippen molar-refractivity contribution in [3.05, 3.63) is 59.9 Å². The van der Waals surface area contributed by atoms with Crippen LogP contribution in [0.15, 0.2) is 53.4 Å². The predicted molar refractivity (Wildman–Crippen MR) is 119 cm³/mol. The fourth-order valence-corrected chi connectivity index (χ4v) is 4.50. The molecule has 1 heterocycles. The summed E-state index contributed by atoms with van der Waals surface area (Å²) >= 11 is 0. The first-order chi connectivity index (χ1) is 14.8. The lowest BCUT2D eigenvalue weighted by Crippen LogP contribution is -2.44. The summed E-state index contributed by atoms with van der Waals surface area (Å²) in [5.41, 5.74) is 0.105. The summed E-state index contributed by atoms with van der Waals surface area (Å²) in [5, 5.41) is 2.84. The summed E-state index contributed by atoms with van der Waals surface area (Å²) in [6.07, 6.45) is 1.84. The van der Waals surface area contributed by atoms with Gasteiger partial charge in [0.15, 0.2) is 0 Å². The number of carbonyl (C=O) groups is 1. The minimum Gasteiger partial charge on any atom is -0.352 e. The highest BCUT2D eigenvalue weighted by atomic mass is 32.2. The lowest BCUT2D eigenvalue weighted by molar-refractivity contribution is 0.0951. The third-order valence-electron chi connectivity index (χ3n) is 5.31. The van der Waals surface area contributed by atoms with Gasteiger partial charge in [-0.2, -0.15) is 0 Å². The van der Waals surface area contributed by atoms with Crippen LogP contribution in [0.3, 0.4) is 0 Å². The summed E-state index contributed by atoms with van der Waals surface area (Å²) in [6.45, 7) is 5.86. The number of carbonyl (C=O) groups excluding carboxylic acids is 1. The fourth-order valence-electron chi connectivity index (χ4n) is 3.39. The Balaban J connectivity index is 1.50. The topological polar surface area (TPSA) is 81.8 Å². The van der Waals surface area contributed by atoms with Gasteiger partial charge >= 0.3 is 0 Å². The van der Waals surface area contributed by atoms with Gasteiger partial charge in [0.2, 0.25) is 0 Å². The number of nitrogens with zero attached hydrogens (tertiary/aromatic N) is 2. The molecule has 1 amide bonds. The SMILES string of the molecule is CN1CCN(CCCCNC(=O)c2cccc(S(=O)(=O)Nc3ccccc3F)c2)CC1. The highest BCUT2D eigenvalue weighted by Gasteiger charge is 2.18. The van der Waals surface area contributed by atoms with E-state index in [0.717, 1.165) is 45.6 Å². The minimum absolute atomic E-state index is 0.0986. The molecule has 1 saturated heterocycles. The number of piperazine rings is 1. The second kappa shape index (κ2) is 10.7. The van der Waals surface area contributed by atoms with E-state index in [2.05, 4.69) is 26.9 Å². The Bertz CT molecular complexity index is 992. The number of sulfonamides is 1.